The first-order chi connectivity index (χ1) is 5.59. The maximum Gasteiger partial charge on any atom is 0.387 e. The van der Waals surface area contributed by atoms with Crippen LogP contribution in [0.2, 0.25) is 5.02 Å². The maximum atomic E-state index is 12.4. The quantitative estimate of drug-likeness (QED) is 0.706. The lowest BCUT2D eigenvalue weighted by molar-refractivity contribution is -0.0498. The lowest BCUT2D eigenvalue weighted by Gasteiger charge is -2.05. The summed E-state index contributed by atoms with van der Waals surface area (Å²) in [5.74, 6) is -0.824. The molecule has 5 heteroatoms. The molecular formula is C7H4ClF3O. The second-order valence-electron chi connectivity index (χ2n) is 1.95. The molecule has 66 valence electrons. The van der Waals surface area contributed by atoms with Crippen molar-refractivity contribution >= 4 is 11.6 Å². The fourth-order valence-electron chi connectivity index (χ4n) is 0.667. The van der Waals surface area contributed by atoms with Gasteiger partial charge in [0, 0.05) is 0 Å². The Labute approximate surface area is 71.7 Å². The molecule has 0 amide bonds. The molecule has 0 aliphatic heterocycles. The van der Waals surface area contributed by atoms with Crippen molar-refractivity contribution < 1.29 is 17.9 Å². The predicted molar refractivity (Wildman–Crippen MR) is 38.0 cm³/mol. The van der Waals surface area contributed by atoms with E-state index in [1.54, 1.807) is 0 Å². The molecule has 1 aromatic carbocycles. The fourth-order valence-corrected chi connectivity index (χ4v) is 0.879. The minimum Gasteiger partial charge on any atom is -0.433 e. The molecule has 1 aromatic rings. The lowest BCUT2D eigenvalue weighted by Crippen LogP contribution is -2.02. The van der Waals surface area contributed by atoms with Gasteiger partial charge in [-0.05, 0) is 18.2 Å². The van der Waals surface area contributed by atoms with E-state index in [1.807, 2.05) is 0 Å². The Kier molecular flexibility index (Phi) is 2.81. The van der Waals surface area contributed by atoms with Crippen molar-refractivity contribution in [1.82, 2.24) is 0 Å². The first-order valence-corrected chi connectivity index (χ1v) is 3.37. The highest BCUT2D eigenvalue weighted by Gasteiger charge is 2.08. The van der Waals surface area contributed by atoms with Crippen LogP contribution < -0.4 is 4.74 Å². The van der Waals surface area contributed by atoms with Gasteiger partial charge in [0.25, 0.3) is 0 Å². The second kappa shape index (κ2) is 3.67. The molecule has 0 radical (unpaired) electrons. The zero-order valence-electron chi connectivity index (χ0n) is 5.73. The molecule has 0 N–H and O–H groups in total. The van der Waals surface area contributed by atoms with Gasteiger partial charge in [0.2, 0.25) is 0 Å². The van der Waals surface area contributed by atoms with Gasteiger partial charge in [0.05, 0.1) is 5.02 Å². The van der Waals surface area contributed by atoms with Gasteiger partial charge in [-0.3, -0.25) is 0 Å². The van der Waals surface area contributed by atoms with E-state index in [9.17, 15) is 13.2 Å². The molecule has 12 heavy (non-hydrogen) atoms. The van der Waals surface area contributed by atoms with Crippen LogP contribution in [-0.2, 0) is 0 Å². The first kappa shape index (κ1) is 9.19. The Morgan fingerprint density at radius 3 is 2.50 bits per heavy atom. The molecule has 0 unspecified atom stereocenters. The molecule has 0 aromatic heterocycles. The van der Waals surface area contributed by atoms with E-state index in [2.05, 4.69) is 4.74 Å². The van der Waals surface area contributed by atoms with Crippen LogP contribution in [0.1, 0.15) is 0 Å². The van der Waals surface area contributed by atoms with Gasteiger partial charge in [-0.15, -0.1) is 0 Å². The maximum absolute atomic E-state index is 12.4. The van der Waals surface area contributed by atoms with Crippen LogP contribution in [0.5, 0.6) is 5.75 Å². The van der Waals surface area contributed by atoms with Crippen LogP contribution in [0, 0.1) is 5.82 Å². The molecular weight excluding hydrogens is 193 g/mol. The van der Waals surface area contributed by atoms with Gasteiger partial charge in [-0.1, -0.05) is 11.6 Å². The predicted octanol–water partition coefficient (Wildman–Crippen LogP) is 3.08. The summed E-state index contributed by atoms with van der Waals surface area (Å²) in [6, 6.07) is 2.94. The highest BCUT2D eigenvalue weighted by atomic mass is 35.5. The van der Waals surface area contributed by atoms with Crippen molar-refractivity contribution in [3.63, 3.8) is 0 Å². The Balaban J connectivity index is 2.86. The first-order valence-electron chi connectivity index (χ1n) is 2.99. The zero-order chi connectivity index (χ0) is 9.14. The Hall–Kier alpha value is -0.900. The third kappa shape index (κ3) is 2.30. The van der Waals surface area contributed by atoms with E-state index in [0.717, 1.165) is 18.2 Å². The van der Waals surface area contributed by atoms with E-state index in [1.165, 1.54) is 0 Å². The molecule has 1 nitrogen and oxygen atoms in total. The molecule has 0 fully saturated rings. The third-order valence-corrected chi connectivity index (χ3v) is 1.41. The second-order valence-corrected chi connectivity index (χ2v) is 2.36. The molecule has 0 atom stereocenters. The van der Waals surface area contributed by atoms with Gasteiger partial charge in [0.1, 0.15) is 11.6 Å². The van der Waals surface area contributed by atoms with Crippen molar-refractivity contribution in [2.45, 2.75) is 6.61 Å². The topological polar surface area (TPSA) is 9.23 Å². The largest absolute Gasteiger partial charge is 0.433 e. The average molecular weight is 197 g/mol. The summed E-state index contributed by atoms with van der Waals surface area (Å²) >= 11 is 5.38. The van der Waals surface area contributed by atoms with E-state index < -0.39 is 12.4 Å². The minimum atomic E-state index is -2.95. The minimum absolute atomic E-state index is 0.171. The van der Waals surface area contributed by atoms with E-state index in [0.29, 0.717) is 0 Å². The van der Waals surface area contributed by atoms with Crippen molar-refractivity contribution in [3.8, 4) is 5.75 Å². The van der Waals surface area contributed by atoms with Crippen molar-refractivity contribution in [1.29, 1.82) is 0 Å². The lowest BCUT2D eigenvalue weighted by atomic mass is 10.3. The van der Waals surface area contributed by atoms with Gasteiger partial charge < -0.3 is 4.74 Å². The highest BCUT2D eigenvalue weighted by molar-refractivity contribution is 6.32. The third-order valence-electron chi connectivity index (χ3n) is 1.11. The fraction of sp³-hybridized carbons (Fsp3) is 0.143. The number of rotatable bonds is 2. The Morgan fingerprint density at radius 1 is 1.33 bits per heavy atom. The summed E-state index contributed by atoms with van der Waals surface area (Å²) in [5, 5.41) is -0.171. The number of ether oxygens (including phenoxy) is 1. The summed E-state index contributed by atoms with van der Waals surface area (Å²) in [6.45, 7) is -2.95. The monoisotopic (exact) mass is 196 g/mol. The summed E-state index contributed by atoms with van der Waals surface area (Å²) < 4.78 is 39.6. The normalized spacial score (nSPS) is 10.4. The number of benzene rings is 1. The molecule has 0 bridgehead atoms. The Morgan fingerprint density at radius 2 is 2.00 bits per heavy atom. The number of hydrogen-bond acceptors (Lipinski definition) is 1. The molecule has 0 saturated heterocycles. The standard InChI is InChI=1S/C7H4ClF3O/c8-5-3-4(9)1-2-6(5)12-7(10)11/h1-3,7H. The summed E-state index contributed by atoms with van der Waals surface area (Å²) in [5.41, 5.74) is 0. The van der Waals surface area contributed by atoms with E-state index in [-0.39, 0.29) is 10.8 Å². The number of halogens is 4. The number of alkyl halides is 2. The van der Waals surface area contributed by atoms with Crippen molar-refractivity contribution in [3.05, 3.63) is 29.0 Å². The summed E-state index contributed by atoms with van der Waals surface area (Å²) in [4.78, 5) is 0. The molecule has 1 rings (SSSR count). The molecule has 0 aliphatic carbocycles. The molecule has 0 aliphatic rings. The summed E-state index contributed by atoms with van der Waals surface area (Å²) in [7, 11) is 0. The van der Waals surface area contributed by atoms with Gasteiger partial charge in [-0.25, -0.2) is 4.39 Å². The van der Waals surface area contributed by atoms with Gasteiger partial charge >= 0.3 is 6.61 Å². The zero-order valence-corrected chi connectivity index (χ0v) is 6.49. The highest BCUT2D eigenvalue weighted by Crippen LogP contribution is 2.26. The number of hydrogen-bond donors (Lipinski definition) is 0. The SMILES string of the molecule is Fc1ccc(OC(F)F)c(Cl)c1. The Bertz CT molecular complexity index is 277. The van der Waals surface area contributed by atoms with Crippen LogP contribution >= 0.6 is 11.6 Å². The van der Waals surface area contributed by atoms with Gasteiger partial charge in [0.15, 0.2) is 0 Å². The van der Waals surface area contributed by atoms with Crippen LogP contribution in [0.4, 0.5) is 13.2 Å². The van der Waals surface area contributed by atoms with Crippen LogP contribution in [0.15, 0.2) is 18.2 Å². The average Bonchev–Trinajstić information content (AvgIpc) is 1.94. The van der Waals surface area contributed by atoms with Crippen LogP contribution in [0.25, 0.3) is 0 Å². The van der Waals surface area contributed by atoms with Crippen molar-refractivity contribution in [2.24, 2.45) is 0 Å². The molecule has 0 spiro atoms. The van der Waals surface area contributed by atoms with Crippen molar-refractivity contribution in [2.75, 3.05) is 0 Å². The van der Waals surface area contributed by atoms with Crippen LogP contribution in [-0.4, -0.2) is 6.61 Å². The molecule has 0 heterocycles. The summed E-state index contributed by atoms with van der Waals surface area (Å²) in [6.07, 6.45) is 0. The molecule has 0 saturated carbocycles. The smallest absolute Gasteiger partial charge is 0.387 e. The van der Waals surface area contributed by atoms with E-state index >= 15 is 0 Å². The van der Waals surface area contributed by atoms with Crippen LogP contribution in [0.3, 0.4) is 0 Å². The van der Waals surface area contributed by atoms with Gasteiger partial charge in [-0.2, -0.15) is 8.78 Å². The van der Waals surface area contributed by atoms with E-state index in [4.69, 9.17) is 11.6 Å².